The lowest BCUT2D eigenvalue weighted by atomic mass is 10.1. The highest BCUT2D eigenvalue weighted by Gasteiger charge is 2.27. The molecule has 6 nitrogen and oxygen atoms in total. The zero-order valence-corrected chi connectivity index (χ0v) is 13.0. The zero-order chi connectivity index (χ0) is 15.5. The monoisotopic (exact) mass is 300 g/mol. The van der Waals surface area contributed by atoms with Crippen LogP contribution in [0.25, 0.3) is 0 Å². The van der Waals surface area contributed by atoms with Crippen LogP contribution >= 0.6 is 0 Å². The number of carbonyl (C=O) groups excluding carboxylic acids is 1. The number of rotatable bonds is 5. The molecule has 7 heteroatoms. The number of methoxy groups -OCH3 is 1. The second kappa shape index (κ2) is 6.23. The van der Waals surface area contributed by atoms with Crippen molar-refractivity contribution in [1.29, 1.82) is 0 Å². The molecule has 112 valence electrons. The normalized spacial score (nSPS) is 11.7. The lowest BCUT2D eigenvalue weighted by Crippen LogP contribution is -2.36. The minimum atomic E-state index is -3.82. The molecule has 0 spiro atoms. The van der Waals surface area contributed by atoms with Crippen LogP contribution in [0.1, 0.15) is 18.1 Å². The van der Waals surface area contributed by atoms with Gasteiger partial charge < -0.3 is 10.5 Å². The molecule has 0 fully saturated rings. The maximum Gasteiger partial charge on any atom is 0.321 e. The molecule has 0 saturated carbocycles. The fourth-order valence-corrected chi connectivity index (χ4v) is 3.33. The molecule has 0 amide bonds. The molecule has 1 aromatic rings. The van der Waals surface area contributed by atoms with Crippen molar-refractivity contribution in [3.05, 3.63) is 23.3 Å². The molecule has 0 heterocycles. The summed E-state index contributed by atoms with van der Waals surface area (Å²) in [5, 5.41) is 0. The summed E-state index contributed by atoms with van der Waals surface area (Å²) in [5.41, 5.74) is 7.73. The van der Waals surface area contributed by atoms with E-state index in [1.165, 1.54) is 13.2 Å². The molecule has 20 heavy (non-hydrogen) atoms. The average molecular weight is 300 g/mol. The minimum absolute atomic E-state index is 0.0198. The van der Waals surface area contributed by atoms with Gasteiger partial charge in [0, 0.05) is 6.54 Å². The largest absolute Gasteiger partial charge is 0.468 e. The number of esters is 1. The van der Waals surface area contributed by atoms with Gasteiger partial charge in [0.2, 0.25) is 10.0 Å². The number of benzene rings is 1. The van der Waals surface area contributed by atoms with Gasteiger partial charge in [-0.15, -0.1) is 0 Å². The Balaban J connectivity index is 3.27. The number of anilines is 1. The van der Waals surface area contributed by atoms with Crippen molar-refractivity contribution in [2.45, 2.75) is 25.7 Å². The maximum atomic E-state index is 12.5. The van der Waals surface area contributed by atoms with Crippen LogP contribution in [0.2, 0.25) is 0 Å². The zero-order valence-electron chi connectivity index (χ0n) is 12.1. The Hall–Kier alpha value is -1.60. The van der Waals surface area contributed by atoms with Crippen molar-refractivity contribution in [3.63, 3.8) is 0 Å². The highest BCUT2D eigenvalue weighted by Crippen LogP contribution is 2.25. The predicted molar refractivity (Wildman–Crippen MR) is 76.8 cm³/mol. The van der Waals surface area contributed by atoms with Crippen LogP contribution in [0, 0.1) is 13.8 Å². The van der Waals surface area contributed by atoms with Crippen LogP contribution in [0.15, 0.2) is 17.0 Å². The molecule has 1 rings (SSSR count). The molecule has 0 aliphatic heterocycles. The summed E-state index contributed by atoms with van der Waals surface area (Å²) in [6.07, 6.45) is 0. The maximum absolute atomic E-state index is 12.5. The van der Waals surface area contributed by atoms with Gasteiger partial charge in [-0.05, 0) is 37.1 Å². The van der Waals surface area contributed by atoms with Crippen molar-refractivity contribution >= 4 is 21.7 Å². The first-order valence-electron chi connectivity index (χ1n) is 6.17. The number of nitrogen functional groups attached to an aromatic ring is 1. The highest BCUT2D eigenvalue weighted by molar-refractivity contribution is 7.89. The molecule has 0 radical (unpaired) electrons. The Kier molecular flexibility index (Phi) is 5.13. The summed E-state index contributed by atoms with van der Waals surface area (Å²) >= 11 is 0. The quantitative estimate of drug-likeness (QED) is 0.649. The van der Waals surface area contributed by atoms with E-state index in [1.807, 2.05) is 13.8 Å². The van der Waals surface area contributed by atoms with E-state index in [2.05, 4.69) is 4.74 Å². The van der Waals surface area contributed by atoms with E-state index in [9.17, 15) is 13.2 Å². The number of hydrogen-bond acceptors (Lipinski definition) is 5. The summed E-state index contributed by atoms with van der Waals surface area (Å²) in [7, 11) is -2.60. The first kappa shape index (κ1) is 16.5. The third kappa shape index (κ3) is 3.29. The minimum Gasteiger partial charge on any atom is -0.468 e. The fraction of sp³-hybridized carbons (Fsp3) is 0.462. The molecule has 0 saturated heterocycles. The van der Waals surface area contributed by atoms with Gasteiger partial charge in [-0.3, -0.25) is 4.79 Å². The topological polar surface area (TPSA) is 89.7 Å². The molecule has 0 atom stereocenters. The molecule has 1 aromatic carbocycles. The molecule has 0 aliphatic rings. The number of carbonyl (C=O) groups is 1. The van der Waals surface area contributed by atoms with Crippen LogP contribution < -0.4 is 5.73 Å². The first-order chi connectivity index (χ1) is 9.23. The van der Waals surface area contributed by atoms with E-state index >= 15 is 0 Å². The number of nitrogens with two attached hydrogens (primary N) is 1. The van der Waals surface area contributed by atoms with Crippen molar-refractivity contribution in [3.8, 4) is 0 Å². The van der Waals surface area contributed by atoms with E-state index < -0.39 is 16.0 Å². The first-order valence-corrected chi connectivity index (χ1v) is 7.61. The van der Waals surface area contributed by atoms with Gasteiger partial charge in [-0.1, -0.05) is 6.92 Å². The van der Waals surface area contributed by atoms with Crippen LogP contribution in [-0.2, 0) is 19.6 Å². The molecule has 0 aromatic heterocycles. The molecule has 0 bridgehead atoms. The van der Waals surface area contributed by atoms with Crippen LogP contribution in [0.3, 0.4) is 0 Å². The van der Waals surface area contributed by atoms with Gasteiger partial charge in [0.25, 0.3) is 0 Å². The summed E-state index contributed by atoms with van der Waals surface area (Å²) in [6.45, 7) is 5.14. The Bertz CT molecular complexity index is 611. The predicted octanol–water partition coefficient (Wildman–Crippen LogP) is 1.07. The standard InChI is InChI=1S/C13H20N2O4S/c1-5-15(8-13(16)19-4)20(17,18)12-7-10(3)9(2)6-11(12)14/h6-7H,5,8,14H2,1-4H3. The van der Waals surface area contributed by atoms with Crippen molar-refractivity contribution in [2.24, 2.45) is 0 Å². The third-order valence-corrected chi connectivity index (χ3v) is 5.11. The number of ether oxygens (including phenoxy) is 1. The van der Waals surface area contributed by atoms with Gasteiger partial charge in [-0.2, -0.15) is 4.31 Å². The average Bonchev–Trinajstić information content (AvgIpc) is 2.39. The summed E-state index contributed by atoms with van der Waals surface area (Å²) in [4.78, 5) is 11.3. The van der Waals surface area contributed by atoms with Crippen molar-refractivity contribution < 1.29 is 17.9 Å². The fourth-order valence-electron chi connectivity index (χ4n) is 1.75. The van der Waals surface area contributed by atoms with E-state index in [-0.39, 0.29) is 23.7 Å². The molecular formula is C13H20N2O4S. The lowest BCUT2D eigenvalue weighted by Gasteiger charge is -2.20. The van der Waals surface area contributed by atoms with Crippen LogP contribution in [-0.4, -0.2) is 38.9 Å². The smallest absolute Gasteiger partial charge is 0.321 e. The molecule has 2 N–H and O–H groups in total. The van der Waals surface area contributed by atoms with E-state index in [0.717, 1.165) is 15.4 Å². The Morgan fingerprint density at radius 1 is 1.30 bits per heavy atom. The van der Waals surface area contributed by atoms with Gasteiger partial charge >= 0.3 is 5.97 Å². The number of likely N-dealkylation sites (N-methyl/N-ethyl adjacent to an activating group) is 1. The van der Waals surface area contributed by atoms with Crippen molar-refractivity contribution in [1.82, 2.24) is 4.31 Å². The van der Waals surface area contributed by atoms with Gasteiger partial charge in [0.05, 0.1) is 12.8 Å². The van der Waals surface area contributed by atoms with Crippen molar-refractivity contribution in [2.75, 3.05) is 25.9 Å². The second-order valence-electron chi connectivity index (χ2n) is 4.48. The summed E-state index contributed by atoms with van der Waals surface area (Å²) in [5.74, 6) is -0.613. The molecule has 0 unspecified atom stereocenters. The van der Waals surface area contributed by atoms with Gasteiger partial charge in [0.1, 0.15) is 11.4 Å². The Labute approximate surface area is 119 Å². The lowest BCUT2D eigenvalue weighted by molar-refractivity contribution is -0.140. The number of aryl methyl sites for hydroxylation is 2. The third-order valence-electron chi connectivity index (χ3n) is 3.13. The van der Waals surface area contributed by atoms with E-state index in [4.69, 9.17) is 5.73 Å². The SMILES string of the molecule is CCN(CC(=O)OC)S(=O)(=O)c1cc(C)c(C)cc1N. The molecular weight excluding hydrogens is 280 g/mol. The van der Waals surface area contributed by atoms with Crippen LogP contribution in [0.4, 0.5) is 5.69 Å². The Morgan fingerprint density at radius 3 is 2.35 bits per heavy atom. The second-order valence-corrected chi connectivity index (χ2v) is 6.39. The Morgan fingerprint density at radius 2 is 1.85 bits per heavy atom. The highest BCUT2D eigenvalue weighted by atomic mass is 32.2. The number of sulfonamides is 1. The van der Waals surface area contributed by atoms with E-state index in [1.54, 1.807) is 13.0 Å². The van der Waals surface area contributed by atoms with Gasteiger partial charge in [-0.25, -0.2) is 8.42 Å². The summed E-state index contributed by atoms with van der Waals surface area (Å²) in [6, 6.07) is 3.15. The van der Waals surface area contributed by atoms with Crippen LogP contribution in [0.5, 0.6) is 0 Å². The summed E-state index contributed by atoms with van der Waals surface area (Å²) < 4.78 is 30.6. The number of hydrogen-bond donors (Lipinski definition) is 1. The van der Waals surface area contributed by atoms with Gasteiger partial charge in [0.15, 0.2) is 0 Å². The number of nitrogens with zero attached hydrogens (tertiary/aromatic N) is 1. The molecule has 0 aliphatic carbocycles. The van der Waals surface area contributed by atoms with E-state index in [0.29, 0.717) is 0 Å².